The van der Waals surface area contributed by atoms with Crippen LogP contribution in [-0.2, 0) is 0 Å². The molecule has 9 aromatic carbocycles. The van der Waals surface area contributed by atoms with Gasteiger partial charge in [0.2, 0.25) is 0 Å². The predicted octanol–water partition coefficient (Wildman–Crippen LogP) is 11.8. The van der Waals surface area contributed by atoms with Gasteiger partial charge >= 0.3 is 0 Å². The van der Waals surface area contributed by atoms with Crippen LogP contribution in [0.1, 0.15) is 0 Å². The zero-order valence-electron chi connectivity index (χ0n) is 25.9. The lowest BCUT2D eigenvalue weighted by Gasteiger charge is -2.15. The van der Waals surface area contributed by atoms with Crippen molar-refractivity contribution in [2.75, 3.05) is 0 Å². The number of aromatic nitrogens is 3. The summed E-state index contributed by atoms with van der Waals surface area (Å²) < 4.78 is 0. The lowest BCUT2D eigenvalue weighted by Crippen LogP contribution is -2.01. The van der Waals surface area contributed by atoms with Crippen LogP contribution in [0.4, 0.5) is 0 Å². The summed E-state index contributed by atoms with van der Waals surface area (Å²) in [5.41, 5.74) is 2.93. The number of fused-ring (bicyclic) bond motifs is 10. The van der Waals surface area contributed by atoms with Crippen molar-refractivity contribution in [2.24, 2.45) is 0 Å². The molecule has 0 aliphatic carbocycles. The summed E-state index contributed by atoms with van der Waals surface area (Å²) in [4.78, 5) is 15.7. The summed E-state index contributed by atoms with van der Waals surface area (Å²) in [5, 5.41) is 14.4. The molecule has 10 rings (SSSR count). The van der Waals surface area contributed by atoms with Gasteiger partial charge in [0.15, 0.2) is 17.5 Å². The first-order valence-electron chi connectivity index (χ1n) is 16.3. The molecule has 0 N–H and O–H groups in total. The zero-order chi connectivity index (χ0) is 31.6. The van der Waals surface area contributed by atoms with Gasteiger partial charge in [-0.25, -0.2) is 15.0 Å². The topological polar surface area (TPSA) is 38.7 Å². The Labute approximate surface area is 276 Å². The fraction of sp³-hybridized carbons (Fsp3) is 0. The van der Waals surface area contributed by atoms with Gasteiger partial charge in [-0.1, -0.05) is 152 Å². The second-order valence-electron chi connectivity index (χ2n) is 12.4. The second kappa shape index (κ2) is 10.5. The third-order valence-corrected chi connectivity index (χ3v) is 9.66. The monoisotopic (exact) mass is 609 g/mol. The summed E-state index contributed by atoms with van der Waals surface area (Å²) in [6, 6.07) is 58.1. The van der Waals surface area contributed by atoms with Gasteiger partial charge in [0.25, 0.3) is 0 Å². The van der Waals surface area contributed by atoms with Crippen LogP contribution in [0.3, 0.4) is 0 Å². The Morgan fingerprint density at radius 1 is 0.250 bits per heavy atom. The van der Waals surface area contributed by atoms with Crippen LogP contribution in [0, 0.1) is 0 Å². The van der Waals surface area contributed by atoms with Crippen molar-refractivity contribution in [3.05, 3.63) is 164 Å². The average Bonchev–Trinajstić information content (AvgIpc) is 3.17. The molecule has 0 saturated carbocycles. The molecule has 3 heteroatoms. The molecule has 0 amide bonds. The van der Waals surface area contributed by atoms with Crippen molar-refractivity contribution < 1.29 is 0 Å². The highest BCUT2D eigenvalue weighted by molar-refractivity contribution is 6.26. The molecule has 222 valence electrons. The van der Waals surface area contributed by atoms with E-state index in [0.717, 1.165) is 32.8 Å². The van der Waals surface area contributed by atoms with E-state index in [-0.39, 0.29) is 0 Å². The van der Waals surface area contributed by atoms with Crippen molar-refractivity contribution >= 4 is 64.6 Å². The van der Waals surface area contributed by atoms with Crippen LogP contribution < -0.4 is 0 Å². The van der Waals surface area contributed by atoms with Gasteiger partial charge in [0.05, 0.1) is 0 Å². The largest absolute Gasteiger partial charge is 0.208 e. The van der Waals surface area contributed by atoms with E-state index in [1.54, 1.807) is 0 Å². The molecule has 10 aromatic rings. The predicted molar refractivity (Wildman–Crippen MR) is 201 cm³/mol. The van der Waals surface area contributed by atoms with Crippen LogP contribution in [0.5, 0.6) is 0 Å². The van der Waals surface area contributed by atoms with E-state index in [0.29, 0.717) is 17.5 Å². The minimum absolute atomic E-state index is 0.653. The number of benzene rings is 9. The van der Waals surface area contributed by atoms with Gasteiger partial charge in [-0.15, -0.1) is 0 Å². The van der Waals surface area contributed by atoms with E-state index in [4.69, 9.17) is 15.0 Å². The van der Waals surface area contributed by atoms with Crippen LogP contribution in [0.2, 0.25) is 0 Å². The highest BCUT2D eigenvalue weighted by Crippen LogP contribution is 2.40. The Morgan fingerprint density at radius 2 is 0.729 bits per heavy atom. The van der Waals surface area contributed by atoms with Crippen LogP contribution in [0.25, 0.3) is 98.8 Å². The highest BCUT2D eigenvalue weighted by atomic mass is 15.0. The zero-order valence-corrected chi connectivity index (χ0v) is 25.9. The highest BCUT2D eigenvalue weighted by Gasteiger charge is 2.19. The summed E-state index contributed by atoms with van der Waals surface area (Å²) in [5.74, 6) is 1.97. The molecule has 1 aromatic heterocycles. The third kappa shape index (κ3) is 4.11. The first-order valence-corrected chi connectivity index (χ1v) is 16.3. The fourth-order valence-electron chi connectivity index (χ4n) is 7.44. The molecule has 0 aliphatic rings. The maximum Gasteiger partial charge on any atom is 0.165 e. The van der Waals surface area contributed by atoms with Gasteiger partial charge in [0.1, 0.15) is 0 Å². The van der Waals surface area contributed by atoms with Gasteiger partial charge in [-0.05, 0) is 76.8 Å². The van der Waals surface area contributed by atoms with E-state index in [2.05, 4.69) is 146 Å². The van der Waals surface area contributed by atoms with Crippen LogP contribution >= 0.6 is 0 Å². The Bertz CT molecular complexity index is 2860. The maximum absolute atomic E-state index is 5.31. The number of hydrogen-bond donors (Lipinski definition) is 0. The average molecular weight is 610 g/mol. The molecule has 0 radical (unpaired) electrons. The van der Waals surface area contributed by atoms with Crippen molar-refractivity contribution in [2.45, 2.75) is 0 Å². The van der Waals surface area contributed by atoms with Crippen molar-refractivity contribution in [3.8, 4) is 34.2 Å². The molecule has 0 aliphatic heterocycles. The molecular weight excluding hydrogens is 583 g/mol. The number of nitrogens with zero attached hydrogens (tertiary/aromatic N) is 3. The second-order valence-corrected chi connectivity index (χ2v) is 12.4. The Hall–Kier alpha value is -6.45. The normalized spacial score (nSPS) is 11.8. The van der Waals surface area contributed by atoms with Crippen molar-refractivity contribution in [3.63, 3.8) is 0 Å². The minimum atomic E-state index is 0.653. The van der Waals surface area contributed by atoms with E-state index in [1.165, 1.54) is 48.5 Å². The fourth-order valence-corrected chi connectivity index (χ4v) is 7.44. The summed E-state index contributed by atoms with van der Waals surface area (Å²) >= 11 is 0. The summed E-state index contributed by atoms with van der Waals surface area (Å²) in [7, 11) is 0. The molecule has 0 saturated heterocycles. The van der Waals surface area contributed by atoms with Crippen molar-refractivity contribution in [1.82, 2.24) is 15.0 Å². The standard InChI is InChI=1S/C45H27N3/c1-2-13-29(14-3-1)43-46-44(31-23-24-38-36-20-9-8-18-34(36)35-19-10-11-21-37(35)41(38)27-31)48-45(47-43)42-33-17-7-5-15-30(33)26-40-32-16-6-4-12-28(32)22-25-39(40)42/h1-27H. The van der Waals surface area contributed by atoms with Gasteiger partial charge in [-0.3, -0.25) is 0 Å². The van der Waals surface area contributed by atoms with E-state index >= 15 is 0 Å². The van der Waals surface area contributed by atoms with E-state index < -0.39 is 0 Å². The Balaban J connectivity index is 1.30. The first kappa shape index (κ1) is 26.7. The molecule has 0 fully saturated rings. The molecule has 0 atom stereocenters. The Morgan fingerprint density at radius 3 is 1.44 bits per heavy atom. The van der Waals surface area contributed by atoms with Gasteiger partial charge < -0.3 is 0 Å². The van der Waals surface area contributed by atoms with E-state index in [1.807, 2.05) is 18.2 Å². The lowest BCUT2D eigenvalue weighted by atomic mass is 9.92. The summed E-state index contributed by atoms with van der Waals surface area (Å²) in [6.45, 7) is 0. The van der Waals surface area contributed by atoms with E-state index in [9.17, 15) is 0 Å². The first-order chi connectivity index (χ1) is 23.8. The molecule has 0 spiro atoms. The smallest absolute Gasteiger partial charge is 0.165 e. The van der Waals surface area contributed by atoms with Crippen molar-refractivity contribution in [1.29, 1.82) is 0 Å². The van der Waals surface area contributed by atoms with Gasteiger partial charge in [-0.2, -0.15) is 0 Å². The maximum atomic E-state index is 5.31. The molecular formula is C45H27N3. The SMILES string of the molecule is c1ccc(-c2nc(-c3ccc4c5ccccc5c5ccccc5c4c3)nc(-c3c4ccccc4cc4c3ccc3ccccc34)n2)cc1. The molecule has 0 bridgehead atoms. The third-order valence-electron chi connectivity index (χ3n) is 9.66. The van der Waals surface area contributed by atoms with Gasteiger partial charge in [0, 0.05) is 16.7 Å². The minimum Gasteiger partial charge on any atom is -0.208 e. The Kier molecular flexibility index (Phi) is 5.87. The lowest BCUT2D eigenvalue weighted by molar-refractivity contribution is 1.08. The molecule has 0 unspecified atom stereocenters. The van der Waals surface area contributed by atoms with Crippen LogP contribution in [0.15, 0.2) is 164 Å². The molecule has 48 heavy (non-hydrogen) atoms. The molecule has 3 nitrogen and oxygen atoms in total. The number of rotatable bonds is 3. The number of hydrogen-bond acceptors (Lipinski definition) is 3. The summed E-state index contributed by atoms with van der Waals surface area (Å²) in [6.07, 6.45) is 0. The van der Waals surface area contributed by atoms with Crippen LogP contribution in [-0.4, -0.2) is 15.0 Å². The quantitative estimate of drug-likeness (QED) is 0.148. The molecule has 1 heterocycles.